The molecular formula is C12H20N2O4. The van der Waals surface area contributed by atoms with Gasteiger partial charge >= 0.3 is 5.97 Å². The smallest absolute Gasteiger partial charge is 0.318 e. The van der Waals surface area contributed by atoms with Gasteiger partial charge in [-0.15, -0.1) is 0 Å². The summed E-state index contributed by atoms with van der Waals surface area (Å²) in [6.45, 7) is 8.28. The van der Waals surface area contributed by atoms with Gasteiger partial charge in [-0.3, -0.25) is 4.79 Å². The predicted octanol–water partition coefficient (Wildman–Crippen LogP) is 2.22. The van der Waals surface area contributed by atoms with Gasteiger partial charge in [0.15, 0.2) is 5.82 Å². The van der Waals surface area contributed by atoms with Crippen molar-refractivity contribution in [3.63, 3.8) is 0 Å². The number of hydrogen-bond acceptors (Lipinski definition) is 6. The van der Waals surface area contributed by atoms with E-state index in [1.807, 2.05) is 20.8 Å². The maximum atomic E-state index is 11.7. The molecule has 1 aromatic heterocycles. The van der Waals surface area contributed by atoms with Crippen molar-refractivity contribution in [2.24, 2.45) is 0 Å². The summed E-state index contributed by atoms with van der Waals surface area (Å²) in [6.07, 6.45) is 0.316. The van der Waals surface area contributed by atoms with Crippen LogP contribution >= 0.6 is 0 Å². The van der Waals surface area contributed by atoms with Crippen LogP contribution < -0.4 is 0 Å². The number of esters is 1. The summed E-state index contributed by atoms with van der Waals surface area (Å²) in [6, 6.07) is 0. The Morgan fingerprint density at radius 3 is 2.61 bits per heavy atom. The first-order valence-electron chi connectivity index (χ1n) is 6.25. The molecule has 0 saturated carbocycles. The van der Waals surface area contributed by atoms with E-state index in [9.17, 15) is 4.79 Å². The Labute approximate surface area is 107 Å². The van der Waals surface area contributed by atoms with Gasteiger partial charge in [0.2, 0.25) is 5.89 Å². The van der Waals surface area contributed by atoms with Crippen LogP contribution in [-0.2, 0) is 14.3 Å². The van der Waals surface area contributed by atoms with Crippen LogP contribution in [0.25, 0.3) is 0 Å². The second kappa shape index (κ2) is 7.10. The van der Waals surface area contributed by atoms with Crippen LogP contribution in [0.15, 0.2) is 4.52 Å². The molecule has 1 heterocycles. The van der Waals surface area contributed by atoms with Crippen LogP contribution in [0.2, 0.25) is 0 Å². The molecule has 102 valence electrons. The minimum Gasteiger partial charge on any atom is -0.465 e. The molecule has 1 aromatic rings. The molecule has 0 aliphatic heterocycles. The summed E-state index contributed by atoms with van der Waals surface area (Å²) in [4.78, 5) is 15.9. The monoisotopic (exact) mass is 256 g/mol. The standard InChI is InChI=1S/C12H20N2O4/c1-5-9(12(15)17-7-3)11-13-10(14-18-11)8(4)16-6-2/h8-9H,5-7H2,1-4H3. The molecule has 0 aromatic carbocycles. The lowest BCUT2D eigenvalue weighted by Crippen LogP contribution is -2.15. The summed E-state index contributed by atoms with van der Waals surface area (Å²) < 4.78 is 15.4. The molecule has 18 heavy (non-hydrogen) atoms. The summed E-state index contributed by atoms with van der Waals surface area (Å²) >= 11 is 0. The molecule has 0 bridgehead atoms. The Hall–Kier alpha value is -1.43. The van der Waals surface area contributed by atoms with Gasteiger partial charge in [-0.05, 0) is 27.2 Å². The SMILES string of the molecule is CCOC(=O)C(CC)c1nc(C(C)OCC)no1. The van der Waals surface area contributed by atoms with Crippen molar-refractivity contribution in [1.29, 1.82) is 0 Å². The van der Waals surface area contributed by atoms with Crippen molar-refractivity contribution in [3.05, 3.63) is 11.7 Å². The topological polar surface area (TPSA) is 74.5 Å². The van der Waals surface area contributed by atoms with Crippen molar-refractivity contribution in [3.8, 4) is 0 Å². The van der Waals surface area contributed by atoms with Crippen LogP contribution in [0.1, 0.15) is 57.9 Å². The van der Waals surface area contributed by atoms with E-state index in [2.05, 4.69) is 10.1 Å². The van der Waals surface area contributed by atoms with Crippen molar-refractivity contribution < 1.29 is 18.8 Å². The summed E-state index contributed by atoms with van der Waals surface area (Å²) in [5, 5.41) is 3.83. The van der Waals surface area contributed by atoms with E-state index >= 15 is 0 Å². The lowest BCUT2D eigenvalue weighted by atomic mass is 10.1. The summed E-state index contributed by atoms with van der Waals surface area (Å²) in [7, 11) is 0. The first-order chi connectivity index (χ1) is 8.63. The van der Waals surface area contributed by atoms with Gasteiger partial charge in [0.1, 0.15) is 12.0 Å². The van der Waals surface area contributed by atoms with Crippen molar-refractivity contribution in [2.45, 2.75) is 46.1 Å². The highest BCUT2D eigenvalue weighted by atomic mass is 16.5. The normalized spacial score (nSPS) is 14.2. The van der Waals surface area contributed by atoms with E-state index in [1.54, 1.807) is 6.92 Å². The van der Waals surface area contributed by atoms with Gasteiger partial charge in [-0.2, -0.15) is 4.98 Å². The van der Waals surface area contributed by atoms with Gasteiger partial charge in [-0.25, -0.2) is 0 Å². The fraction of sp³-hybridized carbons (Fsp3) is 0.750. The molecule has 0 radical (unpaired) electrons. The highest BCUT2D eigenvalue weighted by molar-refractivity contribution is 5.76. The number of hydrogen-bond donors (Lipinski definition) is 0. The Morgan fingerprint density at radius 1 is 1.33 bits per heavy atom. The molecular weight excluding hydrogens is 236 g/mol. The Morgan fingerprint density at radius 2 is 2.06 bits per heavy atom. The number of aromatic nitrogens is 2. The van der Waals surface area contributed by atoms with Crippen molar-refractivity contribution in [2.75, 3.05) is 13.2 Å². The van der Waals surface area contributed by atoms with E-state index in [0.717, 1.165) is 0 Å². The van der Waals surface area contributed by atoms with Crippen molar-refractivity contribution in [1.82, 2.24) is 10.1 Å². The molecule has 0 spiro atoms. The van der Waals surface area contributed by atoms with E-state index in [-0.39, 0.29) is 18.0 Å². The maximum Gasteiger partial charge on any atom is 0.318 e. The van der Waals surface area contributed by atoms with Crippen LogP contribution in [0.5, 0.6) is 0 Å². The largest absolute Gasteiger partial charge is 0.465 e. The Bertz CT molecular complexity index is 378. The zero-order chi connectivity index (χ0) is 13.5. The molecule has 6 nitrogen and oxygen atoms in total. The average Bonchev–Trinajstić information content (AvgIpc) is 2.80. The number of ether oxygens (including phenoxy) is 2. The van der Waals surface area contributed by atoms with Crippen LogP contribution in [0.4, 0.5) is 0 Å². The lowest BCUT2D eigenvalue weighted by Gasteiger charge is -2.08. The third kappa shape index (κ3) is 3.53. The van der Waals surface area contributed by atoms with Crippen LogP contribution in [0, 0.1) is 0 Å². The van der Waals surface area contributed by atoms with E-state index in [0.29, 0.717) is 25.5 Å². The summed E-state index contributed by atoms with van der Waals surface area (Å²) in [5.41, 5.74) is 0. The van der Waals surface area contributed by atoms with E-state index < -0.39 is 5.92 Å². The fourth-order valence-corrected chi connectivity index (χ4v) is 1.56. The van der Waals surface area contributed by atoms with Gasteiger partial charge in [-0.1, -0.05) is 12.1 Å². The average molecular weight is 256 g/mol. The number of rotatable bonds is 7. The second-order valence-electron chi connectivity index (χ2n) is 3.80. The number of nitrogens with zero attached hydrogens (tertiary/aromatic N) is 2. The molecule has 0 saturated heterocycles. The minimum atomic E-state index is -0.500. The third-order valence-electron chi connectivity index (χ3n) is 2.52. The molecule has 6 heteroatoms. The van der Waals surface area contributed by atoms with Crippen LogP contribution in [0.3, 0.4) is 0 Å². The van der Waals surface area contributed by atoms with Gasteiger partial charge in [0, 0.05) is 6.61 Å². The van der Waals surface area contributed by atoms with Crippen molar-refractivity contribution >= 4 is 5.97 Å². The first-order valence-corrected chi connectivity index (χ1v) is 6.25. The molecule has 1 rings (SSSR count). The van der Waals surface area contributed by atoms with Gasteiger partial charge < -0.3 is 14.0 Å². The molecule has 2 unspecified atom stereocenters. The highest BCUT2D eigenvalue weighted by Gasteiger charge is 2.27. The maximum absolute atomic E-state index is 11.7. The minimum absolute atomic E-state index is 0.243. The predicted molar refractivity (Wildman–Crippen MR) is 64.0 cm³/mol. The highest BCUT2D eigenvalue weighted by Crippen LogP contribution is 2.22. The molecule has 0 amide bonds. The summed E-state index contributed by atoms with van der Waals surface area (Å²) in [5.74, 6) is -0.0913. The van der Waals surface area contributed by atoms with E-state index in [1.165, 1.54) is 0 Å². The quantitative estimate of drug-likeness (QED) is 0.696. The van der Waals surface area contributed by atoms with Gasteiger partial charge in [0.05, 0.1) is 6.61 Å². The number of carbonyl (C=O) groups is 1. The molecule has 0 N–H and O–H groups in total. The Kier molecular flexibility index (Phi) is 5.77. The zero-order valence-electron chi connectivity index (χ0n) is 11.3. The third-order valence-corrected chi connectivity index (χ3v) is 2.52. The lowest BCUT2D eigenvalue weighted by molar-refractivity contribution is -0.145. The van der Waals surface area contributed by atoms with Crippen LogP contribution in [-0.4, -0.2) is 29.3 Å². The first kappa shape index (κ1) is 14.6. The second-order valence-corrected chi connectivity index (χ2v) is 3.80. The van der Waals surface area contributed by atoms with Gasteiger partial charge in [0.25, 0.3) is 0 Å². The fourth-order valence-electron chi connectivity index (χ4n) is 1.56. The molecule has 0 aliphatic carbocycles. The Balaban J connectivity index is 2.79. The molecule has 0 fully saturated rings. The molecule has 2 atom stereocenters. The zero-order valence-corrected chi connectivity index (χ0v) is 11.3. The number of carbonyl (C=O) groups excluding carboxylic acids is 1. The molecule has 0 aliphatic rings. The van der Waals surface area contributed by atoms with E-state index in [4.69, 9.17) is 14.0 Å².